The van der Waals surface area contributed by atoms with E-state index in [1.165, 1.54) is 13.8 Å². The zero-order chi connectivity index (χ0) is 10.7. The topological polar surface area (TPSA) is 43.4 Å². The molecule has 0 amide bonds. The molecule has 0 fully saturated rings. The van der Waals surface area contributed by atoms with Crippen LogP contribution in [-0.4, -0.2) is 11.8 Å². The number of Topliss-reactive ketones (excluding diaryl/α,β-unsaturated/α-hetero) is 1. The minimum atomic E-state index is -0.381. The van der Waals surface area contributed by atoms with Crippen LogP contribution in [0.5, 0.6) is 5.75 Å². The van der Waals surface area contributed by atoms with Gasteiger partial charge in [0.2, 0.25) is 0 Å². The monoisotopic (exact) mass is 192 g/mol. The summed E-state index contributed by atoms with van der Waals surface area (Å²) in [4.78, 5) is 21.9. The zero-order valence-electron chi connectivity index (χ0n) is 8.46. The molecule has 14 heavy (non-hydrogen) atoms. The van der Waals surface area contributed by atoms with Gasteiger partial charge < -0.3 is 4.74 Å². The van der Waals surface area contributed by atoms with Crippen molar-refractivity contribution in [2.24, 2.45) is 0 Å². The molecule has 0 aliphatic carbocycles. The van der Waals surface area contributed by atoms with E-state index in [-0.39, 0.29) is 11.8 Å². The van der Waals surface area contributed by atoms with Crippen LogP contribution in [0.4, 0.5) is 0 Å². The maximum absolute atomic E-state index is 11.2. The molecular formula is C11H12O3. The summed E-state index contributed by atoms with van der Waals surface area (Å²) in [5.41, 5.74) is 1.29. The Kier molecular flexibility index (Phi) is 3.02. The summed E-state index contributed by atoms with van der Waals surface area (Å²) < 4.78 is 4.94. The van der Waals surface area contributed by atoms with E-state index in [1.807, 2.05) is 0 Å². The van der Waals surface area contributed by atoms with Crippen molar-refractivity contribution in [3.63, 3.8) is 0 Å². The van der Waals surface area contributed by atoms with Gasteiger partial charge in [-0.25, -0.2) is 0 Å². The van der Waals surface area contributed by atoms with E-state index in [4.69, 9.17) is 4.74 Å². The first-order valence-electron chi connectivity index (χ1n) is 4.31. The first-order valence-corrected chi connectivity index (χ1v) is 4.31. The molecule has 0 bridgehead atoms. The van der Waals surface area contributed by atoms with E-state index in [2.05, 4.69) is 0 Å². The molecule has 0 radical (unpaired) electrons. The second kappa shape index (κ2) is 4.05. The van der Waals surface area contributed by atoms with Gasteiger partial charge in [0.1, 0.15) is 5.75 Å². The average Bonchev–Trinajstić information content (AvgIpc) is 2.07. The van der Waals surface area contributed by atoms with E-state index < -0.39 is 0 Å². The predicted molar refractivity (Wildman–Crippen MR) is 52.5 cm³/mol. The summed E-state index contributed by atoms with van der Waals surface area (Å²) in [5, 5.41) is 0. The lowest BCUT2D eigenvalue weighted by molar-refractivity contribution is -0.131. The van der Waals surface area contributed by atoms with E-state index in [0.717, 1.165) is 0 Å². The molecule has 0 atom stereocenters. The number of benzene rings is 1. The molecule has 0 saturated heterocycles. The molecule has 0 spiro atoms. The van der Waals surface area contributed by atoms with Crippen molar-refractivity contribution in [3.05, 3.63) is 29.3 Å². The van der Waals surface area contributed by atoms with Crippen LogP contribution in [0.1, 0.15) is 29.8 Å². The Bertz CT molecular complexity index is 380. The molecule has 0 heterocycles. The SMILES string of the molecule is CC(=O)Oc1cccc(C(C)=O)c1C. The number of carbonyl (C=O) groups is 2. The molecule has 1 aromatic rings. The Morgan fingerprint density at radius 1 is 1.21 bits per heavy atom. The van der Waals surface area contributed by atoms with Gasteiger partial charge in [-0.05, 0) is 19.9 Å². The van der Waals surface area contributed by atoms with Crippen LogP contribution in [0.2, 0.25) is 0 Å². The molecule has 3 heteroatoms. The van der Waals surface area contributed by atoms with E-state index in [9.17, 15) is 9.59 Å². The third kappa shape index (κ3) is 2.19. The molecule has 0 aromatic heterocycles. The quantitative estimate of drug-likeness (QED) is 0.409. The summed E-state index contributed by atoms with van der Waals surface area (Å²) in [6, 6.07) is 5.08. The summed E-state index contributed by atoms with van der Waals surface area (Å²) in [6.45, 7) is 4.58. The van der Waals surface area contributed by atoms with Crippen LogP contribution in [-0.2, 0) is 4.79 Å². The third-order valence-corrected chi connectivity index (χ3v) is 1.92. The zero-order valence-corrected chi connectivity index (χ0v) is 8.46. The number of esters is 1. The van der Waals surface area contributed by atoms with E-state index >= 15 is 0 Å². The molecule has 0 N–H and O–H groups in total. The van der Waals surface area contributed by atoms with Crippen molar-refractivity contribution in [3.8, 4) is 5.75 Å². The van der Waals surface area contributed by atoms with Gasteiger partial charge in [0.15, 0.2) is 5.78 Å². The summed E-state index contributed by atoms with van der Waals surface area (Å²) in [7, 11) is 0. The van der Waals surface area contributed by atoms with Crippen LogP contribution >= 0.6 is 0 Å². The molecule has 1 aromatic carbocycles. The minimum absolute atomic E-state index is 0.0310. The third-order valence-electron chi connectivity index (χ3n) is 1.92. The smallest absolute Gasteiger partial charge is 0.308 e. The van der Waals surface area contributed by atoms with Crippen molar-refractivity contribution >= 4 is 11.8 Å². The largest absolute Gasteiger partial charge is 0.426 e. The summed E-state index contributed by atoms with van der Waals surface area (Å²) >= 11 is 0. The molecule has 0 saturated carbocycles. The highest BCUT2D eigenvalue weighted by Gasteiger charge is 2.09. The van der Waals surface area contributed by atoms with E-state index in [0.29, 0.717) is 16.9 Å². The van der Waals surface area contributed by atoms with Crippen molar-refractivity contribution in [1.29, 1.82) is 0 Å². The van der Waals surface area contributed by atoms with Gasteiger partial charge >= 0.3 is 5.97 Å². The van der Waals surface area contributed by atoms with Gasteiger partial charge in [-0.15, -0.1) is 0 Å². The highest BCUT2D eigenvalue weighted by atomic mass is 16.5. The Hall–Kier alpha value is -1.64. The maximum atomic E-state index is 11.2. The molecule has 3 nitrogen and oxygen atoms in total. The summed E-state index contributed by atoms with van der Waals surface area (Å²) in [5.74, 6) is 0.0375. The molecule has 0 unspecified atom stereocenters. The van der Waals surface area contributed by atoms with Crippen molar-refractivity contribution < 1.29 is 14.3 Å². The van der Waals surface area contributed by atoms with Gasteiger partial charge in [-0.1, -0.05) is 12.1 Å². The van der Waals surface area contributed by atoms with Crippen LogP contribution in [0.15, 0.2) is 18.2 Å². The van der Waals surface area contributed by atoms with Crippen molar-refractivity contribution in [2.75, 3.05) is 0 Å². The lowest BCUT2D eigenvalue weighted by Gasteiger charge is -2.07. The Labute approximate surface area is 82.7 Å². The highest BCUT2D eigenvalue weighted by Crippen LogP contribution is 2.21. The fraction of sp³-hybridized carbons (Fsp3) is 0.273. The van der Waals surface area contributed by atoms with Gasteiger partial charge in [0.05, 0.1) is 0 Å². The van der Waals surface area contributed by atoms with Crippen LogP contribution in [0.3, 0.4) is 0 Å². The Balaban J connectivity index is 3.13. The normalized spacial score (nSPS) is 9.64. The van der Waals surface area contributed by atoms with Gasteiger partial charge in [-0.2, -0.15) is 0 Å². The van der Waals surface area contributed by atoms with E-state index in [1.54, 1.807) is 25.1 Å². The van der Waals surface area contributed by atoms with Gasteiger partial charge in [0, 0.05) is 18.1 Å². The standard InChI is InChI=1S/C11H12O3/c1-7-10(8(2)12)5-4-6-11(7)14-9(3)13/h4-6H,1-3H3. The average molecular weight is 192 g/mol. The number of ether oxygens (including phenoxy) is 1. The number of carbonyl (C=O) groups excluding carboxylic acids is 2. The van der Waals surface area contributed by atoms with Crippen LogP contribution in [0, 0.1) is 6.92 Å². The number of hydrogen-bond donors (Lipinski definition) is 0. The molecule has 74 valence electrons. The van der Waals surface area contributed by atoms with Crippen LogP contribution in [0.25, 0.3) is 0 Å². The Morgan fingerprint density at radius 2 is 1.86 bits per heavy atom. The Morgan fingerprint density at radius 3 is 2.36 bits per heavy atom. The second-order valence-electron chi connectivity index (χ2n) is 3.08. The molecule has 1 rings (SSSR count). The number of ketones is 1. The second-order valence-corrected chi connectivity index (χ2v) is 3.08. The molecule has 0 aliphatic rings. The molecule has 0 aliphatic heterocycles. The fourth-order valence-electron chi connectivity index (χ4n) is 1.26. The van der Waals surface area contributed by atoms with Crippen LogP contribution < -0.4 is 4.74 Å². The number of hydrogen-bond acceptors (Lipinski definition) is 3. The minimum Gasteiger partial charge on any atom is -0.426 e. The van der Waals surface area contributed by atoms with Crippen molar-refractivity contribution in [2.45, 2.75) is 20.8 Å². The lowest BCUT2D eigenvalue weighted by atomic mass is 10.1. The first kappa shape index (κ1) is 10.4. The van der Waals surface area contributed by atoms with Crippen molar-refractivity contribution in [1.82, 2.24) is 0 Å². The molecular weight excluding hydrogens is 180 g/mol. The first-order chi connectivity index (χ1) is 6.52. The predicted octanol–water partition coefficient (Wildman–Crippen LogP) is 2.12. The fourth-order valence-corrected chi connectivity index (χ4v) is 1.26. The van der Waals surface area contributed by atoms with Gasteiger partial charge in [0.25, 0.3) is 0 Å². The number of rotatable bonds is 2. The summed E-state index contributed by atoms with van der Waals surface area (Å²) in [6.07, 6.45) is 0. The maximum Gasteiger partial charge on any atom is 0.308 e. The highest BCUT2D eigenvalue weighted by molar-refractivity contribution is 5.96. The van der Waals surface area contributed by atoms with Gasteiger partial charge in [-0.3, -0.25) is 9.59 Å². The lowest BCUT2D eigenvalue weighted by Crippen LogP contribution is -2.05.